The van der Waals surface area contributed by atoms with Crippen molar-refractivity contribution in [1.29, 1.82) is 0 Å². The molecule has 49 valence electrons. The maximum atomic E-state index is 4.02. The lowest BCUT2D eigenvalue weighted by Crippen LogP contribution is -1.87. The summed E-state index contributed by atoms with van der Waals surface area (Å²) in [5.74, 6) is 0. The van der Waals surface area contributed by atoms with Gasteiger partial charge in [0.05, 0.1) is 5.69 Å². The number of nitrogens with one attached hydrogen (secondary N) is 1. The summed E-state index contributed by atoms with van der Waals surface area (Å²) in [5, 5.41) is 0. The zero-order chi connectivity index (χ0) is 6.69. The van der Waals surface area contributed by atoms with Crippen LogP contribution < -0.4 is 0 Å². The first-order chi connectivity index (χ1) is 4.38. The van der Waals surface area contributed by atoms with Gasteiger partial charge >= 0.3 is 0 Å². The largest absolute Gasteiger partial charge is 0.339 e. The molecule has 0 aromatic carbocycles. The molecule has 0 aliphatic carbocycles. The summed E-state index contributed by atoms with van der Waals surface area (Å²) in [6.07, 6.45) is 4.76. The maximum Gasteiger partial charge on any atom is 0.174 e. The van der Waals surface area contributed by atoms with E-state index in [1.807, 2.05) is 0 Å². The van der Waals surface area contributed by atoms with Crippen molar-refractivity contribution in [1.82, 2.24) is 9.97 Å². The molecule has 2 heteroatoms. The van der Waals surface area contributed by atoms with Crippen molar-refractivity contribution in [2.75, 3.05) is 0 Å². The van der Waals surface area contributed by atoms with E-state index in [1.165, 1.54) is 5.69 Å². The minimum Gasteiger partial charge on any atom is -0.339 e. The van der Waals surface area contributed by atoms with Crippen molar-refractivity contribution in [3.05, 3.63) is 17.7 Å². The second-order valence-corrected chi connectivity index (χ2v) is 1.98. The first kappa shape index (κ1) is 6.33. The first-order valence-electron chi connectivity index (χ1n) is 3.32. The van der Waals surface area contributed by atoms with E-state index >= 15 is 0 Å². The molecule has 1 rings (SSSR count). The number of nitrogens with zero attached hydrogens (tertiary/aromatic N) is 1. The number of aromatic amines is 1. The fraction of sp³-hybridized carbons (Fsp3) is 0.571. The lowest BCUT2D eigenvalue weighted by atomic mass is 10.2. The third-order valence-corrected chi connectivity index (χ3v) is 1.43. The summed E-state index contributed by atoms with van der Waals surface area (Å²) in [4.78, 5) is 7.00. The lowest BCUT2D eigenvalue weighted by molar-refractivity contribution is 0.979. The van der Waals surface area contributed by atoms with E-state index in [-0.39, 0.29) is 0 Å². The number of H-pyrrole nitrogens is 1. The highest BCUT2D eigenvalue weighted by molar-refractivity contribution is 5.09. The molecule has 0 amide bonds. The van der Waals surface area contributed by atoms with Crippen molar-refractivity contribution in [2.45, 2.75) is 26.7 Å². The predicted molar refractivity (Wildman–Crippen MR) is 36.2 cm³/mol. The van der Waals surface area contributed by atoms with E-state index in [4.69, 9.17) is 0 Å². The molecule has 1 aromatic rings. The van der Waals surface area contributed by atoms with Crippen LogP contribution >= 0.6 is 0 Å². The number of aromatic nitrogens is 2. The van der Waals surface area contributed by atoms with Crippen LogP contribution in [-0.4, -0.2) is 9.97 Å². The lowest BCUT2D eigenvalue weighted by Gasteiger charge is -1.91. The fourth-order valence-electron chi connectivity index (χ4n) is 0.887. The summed E-state index contributed by atoms with van der Waals surface area (Å²) in [5.41, 5.74) is 2.37. The molecular weight excluding hydrogens is 112 g/mol. The zero-order valence-corrected chi connectivity index (χ0v) is 5.86. The van der Waals surface area contributed by atoms with Crippen LogP contribution in [0.15, 0.2) is 0 Å². The minimum absolute atomic E-state index is 1.00. The minimum atomic E-state index is 1.00. The average Bonchev–Trinajstić information content (AvgIpc) is 2.33. The highest BCUT2D eigenvalue weighted by atomic mass is 14.9. The van der Waals surface area contributed by atoms with E-state index in [2.05, 4.69) is 30.1 Å². The van der Waals surface area contributed by atoms with Crippen LogP contribution in [0.1, 0.15) is 25.2 Å². The fourth-order valence-corrected chi connectivity index (χ4v) is 0.887. The Morgan fingerprint density at radius 2 is 2.22 bits per heavy atom. The number of aryl methyl sites for hydroxylation is 2. The molecule has 1 heterocycles. The Morgan fingerprint density at radius 3 is 2.67 bits per heavy atom. The second kappa shape index (κ2) is 2.67. The van der Waals surface area contributed by atoms with E-state index < -0.39 is 0 Å². The van der Waals surface area contributed by atoms with Gasteiger partial charge in [0.25, 0.3) is 0 Å². The zero-order valence-electron chi connectivity index (χ0n) is 5.86. The Kier molecular flexibility index (Phi) is 1.88. The van der Waals surface area contributed by atoms with E-state index in [9.17, 15) is 0 Å². The standard InChI is InChI=1S/C7H11N2/c1-3-6-7(4-2)9-5-8-6/h3-4H2,1-2H3,(H,8,9). The van der Waals surface area contributed by atoms with Crippen molar-refractivity contribution in [3.63, 3.8) is 0 Å². The Balaban J connectivity index is 2.85. The third kappa shape index (κ3) is 1.12. The molecule has 0 bridgehead atoms. The van der Waals surface area contributed by atoms with E-state index in [0.29, 0.717) is 0 Å². The molecule has 9 heavy (non-hydrogen) atoms. The Hall–Kier alpha value is -0.790. The van der Waals surface area contributed by atoms with Crippen LogP contribution in [0.4, 0.5) is 0 Å². The van der Waals surface area contributed by atoms with Gasteiger partial charge in [0.15, 0.2) is 6.33 Å². The van der Waals surface area contributed by atoms with Gasteiger partial charge in [0.1, 0.15) is 0 Å². The molecule has 0 saturated carbocycles. The van der Waals surface area contributed by atoms with Crippen LogP contribution in [-0.2, 0) is 12.8 Å². The van der Waals surface area contributed by atoms with Gasteiger partial charge in [-0.05, 0) is 12.8 Å². The topological polar surface area (TPSA) is 28.7 Å². The van der Waals surface area contributed by atoms with Crippen molar-refractivity contribution in [2.24, 2.45) is 0 Å². The van der Waals surface area contributed by atoms with Gasteiger partial charge in [0.2, 0.25) is 0 Å². The molecule has 1 radical (unpaired) electrons. The molecule has 0 aliphatic rings. The summed E-state index contributed by atoms with van der Waals surface area (Å²) in [6.45, 7) is 4.21. The normalized spacial score (nSPS) is 10.0. The van der Waals surface area contributed by atoms with Gasteiger partial charge in [0, 0.05) is 5.69 Å². The Morgan fingerprint density at radius 1 is 1.44 bits per heavy atom. The summed E-state index contributed by atoms with van der Waals surface area (Å²) in [6, 6.07) is 0. The molecule has 0 aliphatic heterocycles. The smallest absolute Gasteiger partial charge is 0.174 e. The van der Waals surface area contributed by atoms with Crippen LogP contribution in [0.2, 0.25) is 0 Å². The monoisotopic (exact) mass is 123 g/mol. The molecule has 2 nitrogen and oxygen atoms in total. The molecule has 0 spiro atoms. The molecule has 0 atom stereocenters. The SMILES string of the molecule is CCc1n[c][nH]c1CC. The second-order valence-electron chi connectivity index (χ2n) is 1.98. The number of hydrogen-bond acceptors (Lipinski definition) is 1. The Bertz CT molecular complexity index is 160. The van der Waals surface area contributed by atoms with Gasteiger partial charge in [-0.3, -0.25) is 0 Å². The molecule has 0 unspecified atom stereocenters. The molecule has 1 N–H and O–H groups in total. The highest BCUT2D eigenvalue weighted by Crippen LogP contribution is 2.02. The summed E-state index contributed by atoms with van der Waals surface area (Å²) >= 11 is 0. The van der Waals surface area contributed by atoms with Crippen molar-refractivity contribution < 1.29 is 0 Å². The summed E-state index contributed by atoms with van der Waals surface area (Å²) < 4.78 is 0. The Labute approximate surface area is 55.3 Å². The summed E-state index contributed by atoms with van der Waals surface area (Å²) in [7, 11) is 0. The van der Waals surface area contributed by atoms with Crippen LogP contribution in [0.25, 0.3) is 0 Å². The molecule has 0 saturated heterocycles. The van der Waals surface area contributed by atoms with Gasteiger partial charge < -0.3 is 4.98 Å². The quantitative estimate of drug-likeness (QED) is 0.631. The average molecular weight is 123 g/mol. The third-order valence-electron chi connectivity index (χ3n) is 1.43. The van der Waals surface area contributed by atoms with Gasteiger partial charge in [-0.15, -0.1) is 0 Å². The van der Waals surface area contributed by atoms with Gasteiger partial charge in [-0.1, -0.05) is 13.8 Å². The molecule has 0 fully saturated rings. The molecule has 1 aromatic heterocycles. The maximum absolute atomic E-state index is 4.02. The van der Waals surface area contributed by atoms with Crippen molar-refractivity contribution in [3.8, 4) is 0 Å². The van der Waals surface area contributed by atoms with Crippen LogP contribution in [0, 0.1) is 6.33 Å². The van der Waals surface area contributed by atoms with E-state index in [1.54, 1.807) is 0 Å². The highest BCUT2D eigenvalue weighted by Gasteiger charge is 1.98. The van der Waals surface area contributed by atoms with Crippen LogP contribution in [0.3, 0.4) is 0 Å². The number of hydrogen-bond donors (Lipinski definition) is 1. The van der Waals surface area contributed by atoms with Gasteiger partial charge in [-0.2, -0.15) is 0 Å². The van der Waals surface area contributed by atoms with Gasteiger partial charge in [-0.25, -0.2) is 4.98 Å². The first-order valence-corrected chi connectivity index (χ1v) is 3.32. The number of rotatable bonds is 2. The van der Waals surface area contributed by atoms with E-state index in [0.717, 1.165) is 18.5 Å². The number of imidazole rings is 1. The molecular formula is C7H11N2. The van der Waals surface area contributed by atoms with Crippen LogP contribution in [0.5, 0.6) is 0 Å². The predicted octanol–water partition coefficient (Wildman–Crippen LogP) is 1.33. The van der Waals surface area contributed by atoms with Crippen molar-refractivity contribution >= 4 is 0 Å².